The predicted octanol–water partition coefficient (Wildman–Crippen LogP) is 1.21. The molecule has 0 radical (unpaired) electrons. The zero-order valence-electron chi connectivity index (χ0n) is 5.17. The second-order valence-corrected chi connectivity index (χ2v) is 1.26. The van der Waals surface area contributed by atoms with Crippen molar-refractivity contribution in [3.05, 3.63) is 25.4 Å². The van der Waals surface area contributed by atoms with E-state index in [-0.39, 0.29) is 5.84 Å². The lowest BCUT2D eigenvalue weighted by Crippen LogP contribution is -2.14. The molecule has 3 nitrogen and oxygen atoms in total. The highest BCUT2D eigenvalue weighted by Crippen LogP contribution is 1.89. The lowest BCUT2D eigenvalue weighted by Gasteiger charge is -2.08. The molecule has 0 spiro atoms. The molecule has 0 unspecified atom stereocenters. The summed E-state index contributed by atoms with van der Waals surface area (Å²) < 4.78 is 0. The molecule has 9 heavy (non-hydrogen) atoms. The van der Waals surface area contributed by atoms with E-state index in [0.717, 1.165) is 0 Å². The topological polar surface area (TPSA) is 39.5 Å². The number of hydrogen-bond acceptors (Lipinski definition) is 2. The molecule has 0 atom stereocenters. The summed E-state index contributed by atoms with van der Waals surface area (Å²) in [6, 6.07) is 0. The minimum atomic E-state index is 0.167. The molecule has 0 fully saturated rings. The Kier molecular flexibility index (Phi) is 3.05. The van der Waals surface area contributed by atoms with E-state index in [4.69, 9.17) is 5.41 Å². The second kappa shape index (κ2) is 3.60. The zero-order valence-corrected chi connectivity index (χ0v) is 5.17. The molecule has 0 aliphatic rings. The van der Waals surface area contributed by atoms with Crippen molar-refractivity contribution in [2.24, 2.45) is 5.10 Å². The second-order valence-electron chi connectivity index (χ2n) is 1.26. The molecule has 0 saturated heterocycles. The van der Waals surface area contributed by atoms with Gasteiger partial charge in [0.05, 0.1) is 0 Å². The molecule has 0 aromatic carbocycles. The molecule has 0 saturated carbocycles. The molecule has 0 heterocycles. The van der Waals surface area contributed by atoms with Crippen molar-refractivity contribution in [2.45, 2.75) is 0 Å². The molecule has 0 aliphatic carbocycles. The fourth-order valence-corrected chi connectivity index (χ4v) is 0.326. The SMILES string of the molecule is C=CC(=N)N(C=C)N=C. The summed E-state index contributed by atoms with van der Waals surface area (Å²) in [5, 5.41) is 11.8. The van der Waals surface area contributed by atoms with Crippen LogP contribution in [0.1, 0.15) is 0 Å². The summed E-state index contributed by atoms with van der Waals surface area (Å²) in [7, 11) is 0. The maximum absolute atomic E-state index is 7.10. The summed E-state index contributed by atoms with van der Waals surface area (Å²) in [5.74, 6) is 0.167. The highest BCUT2D eigenvalue weighted by Gasteiger charge is 1.94. The first-order valence-corrected chi connectivity index (χ1v) is 2.35. The van der Waals surface area contributed by atoms with Crippen LogP contribution < -0.4 is 0 Å². The Bertz CT molecular complexity index is 140. The van der Waals surface area contributed by atoms with E-state index in [1.54, 1.807) is 0 Å². The molecular formula is C6H9N3. The highest BCUT2D eigenvalue weighted by atomic mass is 15.4. The quantitative estimate of drug-likeness (QED) is 0.342. The normalized spacial score (nSPS) is 7.56. The van der Waals surface area contributed by atoms with E-state index in [9.17, 15) is 0 Å². The maximum atomic E-state index is 7.10. The van der Waals surface area contributed by atoms with Gasteiger partial charge in [-0.05, 0) is 6.08 Å². The minimum Gasteiger partial charge on any atom is -0.283 e. The van der Waals surface area contributed by atoms with Crippen LogP contribution >= 0.6 is 0 Å². The molecule has 48 valence electrons. The van der Waals surface area contributed by atoms with Gasteiger partial charge in [-0.2, -0.15) is 5.10 Å². The molecule has 0 aliphatic heterocycles. The van der Waals surface area contributed by atoms with Crippen LogP contribution in [0.3, 0.4) is 0 Å². The van der Waals surface area contributed by atoms with Gasteiger partial charge >= 0.3 is 0 Å². The fraction of sp³-hybridized carbons (Fsp3) is 0. The van der Waals surface area contributed by atoms with Gasteiger partial charge in [0.1, 0.15) is 5.84 Å². The van der Waals surface area contributed by atoms with Crippen LogP contribution in [0.2, 0.25) is 0 Å². The van der Waals surface area contributed by atoms with Crippen LogP contribution in [0.15, 0.2) is 30.5 Å². The van der Waals surface area contributed by atoms with Crippen molar-refractivity contribution in [2.75, 3.05) is 0 Å². The van der Waals surface area contributed by atoms with Crippen molar-refractivity contribution < 1.29 is 0 Å². The molecule has 0 rings (SSSR count). The predicted molar refractivity (Wildman–Crippen MR) is 39.5 cm³/mol. The summed E-state index contributed by atoms with van der Waals surface area (Å²) in [4.78, 5) is 0. The van der Waals surface area contributed by atoms with Crippen molar-refractivity contribution >= 4 is 12.6 Å². The third-order valence-electron chi connectivity index (χ3n) is 0.765. The molecule has 0 aromatic rings. The van der Waals surface area contributed by atoms with Crippen molar-refractivity contribution in [1.29, 1.82) is 5.41 Å². The van der Waals surface area contributed by atoms with Gasteiger partial charge in [-0.1, -0.05) is 13.2 Å². The Balaban J connectivity index is 4.09. The van der Waals surface area contributed by atoms with Crippen LogP contribution in [0.4, 0.5) is 0 Å². The van der Waals surface area contributed by atoms with Gasteiger partial charge in [0.25, 0.3) is 0 Å². The Morgan fingerprint density at radius 3 is 2.22 bits per heavy atom. The number of nitrogens with one attached hydrogen (secondary N) is 1. The van der Waals surface area contributed by atoms with Gasteiger partial charge in [0.15, 0.2) is 0 Å². The smallest absolute Gasteiger partial charge is 0.145 e. The van der Waals surface area contributed by atoms with Crippen molar-refractivity contribution in [1.82, 2.24) is 5.01 Å². The van der Waals surface area contributed by atoms with Gasteiger partial charge in [-0.15, -0.1) is 0 Å². The third-order valence-corrected chi connectivity index (χ3v) is 0.765. The number of amidine groups is 1. The summed E-state index contributed by atoms with van der Waals surface area (Å²) in [6.07, 6.45) is 2.74. The Morgan fingerprint density at radius 2 is 2.11 bits per heavy atom. The number of rotatable bonds is 3. The monoisotopic (exact) mass is 123 g/mol. The molecule has 3 heteroatoms. The first-order valence-electron chi connectivity index (χ1n) is 2.35. The van der Waals surface area contributed by atoms with Crippen LogP contribution in [-0.2, 0) is 0 Å². The van der Waals surface area contributed by atoms with E-state index in [2.05, 4.69) is 25.0 Å². The van der Waals surface area contributed by atoms with Crippen molar-refractivity contribution in [3.8, 4) is 0 Å². The summed E-state index contributed by atoms with van der Waals surface area (Å²) in [5.41, 5.74) is 0. The molecule has 0 amide bonds. The first-order chi connectivity index (χ1) is 4.26. The lowest BCUT2D eigenvalue weighted by atomic mass is 10.5. The zero-order chi connectivity index (χ0) is 7.28. The third kappa shape index (κ3) is 1.90. The highest BCUT2D eigenvalue weighted by molar-refractivity contribution is 5.90. The van der Waals surface area contributed by atoms with Gasteiger partial charge in [0.2, 0.25) is 0 Å². The van der Waals surface area contributed by atoms with Crippen LogP contribution in [-0.4, -0.2) is 17.6 Å². The molecular weight excluding hydrogens is 114 g/mol. The number of nitrogens with zero attached hydrogens (tertiary/aromatic N) is 2. The molecule has 0 bridgehead atoms. The number of hydrogen-bond donors (Lipinski definition) is 1. The standard InChI is InChI=1S/C6H9N3/c1-4-6(7)9(5-2)8-3/h4-5,7H,1-3H2. The summed E-state index contributed by atoms with van der Waals surface area (Å²) in [6.45, 7) is 10.00. The number of hydrazone groups is 1. The van der Waals surface area contributed by atoms with E-state index >= 15 is 0 Å². The van der Waals surface area contributed by atoms with E-state index < -0.39 is 0 Å². The van der Waals surface area contributed by atoms with Gasteiger partial charge in [-0.25, -0.2) is 5.01 Å². The minimum absolute atomic E-state index is 0.167. The first kappa shape index (κ1) is 7.62. The Labute approximate surface area is 54.5 Å². The average molecular weight is 123 g/mol. The van der Waals surface area contributed by atoms with Gasteiger partial charge in [-0.3, -0.25) is 5.41 Å². The van der Waals surface area contributed by atoms with Gasteiger partial charge in [0, 0.05) is 12.9 Å². The van der Waals surface area contributed by atoms with Crippen LogP contribution in [0.5, 0.6) is 0 Å². The fourth-order valence-electron chi connectivity index (χ4n) is 0.326. The Hall–Kier alpha value is -1.38. The average Bonchev–Trinajstić information content (AvgIpc) is 1.90. The van der Waals surface area contributed by atoms with E-state index in [1.807, 2.05) is 0 Å². The van der Waals surface area contributed by atoms with Crippen molar-refractivity contribution in [3.63, 3.8) is 0 Å². The van der Waals surface area contributed by atoms with Crippen LogP contribution in [0, 0.1) is 5.41 Å². The molecule has 0 aromatic heterocycles. The largest absolute Gasteiger partial charge is 0.283 e. The summed E-state index contributed by atoms with van der Waals surface area (Å²) >= 11 is 0. The van der Waals surface area contributed by atoms with Crippen LogP contribution in [0.25, 0.3) is 0 Å². The van der Waals surface area contributed by atoms with E-state index in [0.29, 0.717) is 0 Å². The van der Waals surface area contributed by atoms with E-state index in [1.165, 1.54) is 17.3 Å². The Morgan fingerprint density at radius 1 is 1.56 bits per heavy atom. The lowest BCUT2D eigenvalue weighted by molar-refractivity contribution is 0.609. The molecule has 1 N–H and O–H groups in total. The maximum Gasteiger partial charge on any atom is 0.145 e. The van der Waals surface area contributed by atoms with Gasteiger partial charge < -0.3 is 0 Å².